The number of hydrogen-bond acceptors (Lipinski definition) is 2. The largest absolute Gasteiger partial charge is 0.465 e. The zero-order valence-electron chi connectivity index (χ0n) is 6.53. The third kappa shape index (κ3) is 1.83. The van der Waals surface area contributed by atoms with E-state index in [-0.39, 0.29) is 12.6 Å². The normalized spacial score (nSPS) is 32.0. The molecule has 0 aromatic heterocycles. The highest BCUT2D eigenvalue weighted by molar-refractivity contribution is 5.65. The Morgan fingerprint density at radius 2 is 2.18 bits per heavy atom. The summed E-state index contributed by atoms with van der Waals surface area (Å²) in [4.78, 5) is 11.8. The fraction of sp³-hybridized carbons (Fsp3) is 0.857. The van der Waals surface area contributed by atoms with E-state index in [4.69, 9.17) is 10.2 Å². The Kier molecular flexibility index (Phi) is 2.34. The van der Waals surface area contributed by atoms with Crippen molar-refractivity contribution in [3.05, 3.63) is 0 Å². The highest BCUT2D eigenvalue weighted by Gasteiger charge is 2.27. The highest BCUT2D eigenvalue weighted by atomic mass is 16.4. The molecule has 1 saturated heterocycles. The first-order valence-corrected chi connectivity index (χ1v) is 3.79. The van der Waals surface area contributed by atoms with Crippen molar-refractivity contribution in [3.8, 4) is 0 Å². The molecule has 1 aliphatic rings. The van der Waals surface area contributed by atoms with Crippen LogP contribution in [0.4, 0.5) is 4.79 Å². The average Bonchev–Trinajstić information content (AvgIpc) is 1.94. The first-order valence-electron chi connectivity index (χ1n) is 3.79. The van der Waals surface area contributed by atoms with Crippen molar-refractivity contribution in [1.82, 2.24) is 4.90 Å². The summed E-state index contributed by atoms with van der Waals surface area (Å²) < 4.78 is 0. The number of aliphatic hydroxyl groups excluding tert-OH is 1. The van der Waals surface area contributed by atoms with Gasteiger partial charge in [0.15, 0.2) is 0 Å². The molecule has 0 bridgehead atoms. The Hall–Kier alpha value is -0.770. The van der Waals surface area contributed by atoms with Crippen molar-refractivity contribution in [2.24, 2.45) is 0 Å². The molecule has 2 atom stereocenters. The van der Waals surface area contributed by atoms with E-state index in [1.165, 1.54) is 4.90 Å². The first kappa shape index (κ1) is 8.33. The number of aliphatic hydroxyl groups is 1. The van der Waals surface area contributed by atoms with Gasteiger partial charge in [-0.3, -0.25) is 0 Å². The molecule has 1 amide bonds. The van der Waals surface area contributed by atoms with E-state index in [1.54, 1.807) is 0 Å². The van der Waals surface area contributed by atoms with Crippen molar-refractivity contribution in [3.63, 3.8) is 0 Å². The van der Waals surface area contributed by atoms with E-state index in [0.717, 1.165) is 6.42 Å². The maximum absolute atomic E-state index is 10.5. The summed E-state index contributed by atoms with van der Waals surface area (Å²) in [5, 5.41) is 17.8. The van der Waals surface area contributed by atoms with Crippen LogP contribution in [0.2, 0.25) is 0 Å². The summed E-state index contributed by atoms with van der Waals surface area (Å²) in [6.07, 6.45) is 0.0665. The molecular formula is C7H13NO3. The van der Waals surface area contributed by atoms with Crippen LogP contribution in [0.3, 0.4) is 0 Å². The number of rotatable bonds is 0. The van der Waals surface area contributed by atoms with Crippen molar-refractivity contribution in [1.29, 1.82) is 0 Å². The maximum atomic E-state index is 10.5. The molecular weight excluding hydrogens is 146 g/mol. The molecule has 64 valence electrons. The Morgan fingerprint density at radius 1 is 1.55 bits per heavy atom. The summed E-state index contributed by atoms with van der Waals surface area (Å²) in [5.74, 6) is 0. The minimum absolute atomic E-state index is 0.0518. The summed E-state index contributed by atoms with van der Waals surface area (Å²) >= 11 is 0. The standard InChI is InChI=1S/C7H13NO3/c1-5-2-3-6(9)4-8(5)7(10)11/h5-6,9H,2-4H2,1H3,(H,10,11). The number of carboxylic acid groups (broad SMARTS) is 1. The fourth-order valence-electron chi connectivity index (χ4n) is 1.35. The van der Waals surface area contributed by atoms with Crippen LogP contribution in [0.1, 0.15) is 19.8 Å². The third-order valence-electron chi connectivity index (χ3n) is 2.10. The number of hydrogen-bond donors (Lipinski definition) is 2. The van der Waals surface area contributed by atoms with Gasteiger partial charge >= 0.3 is 6.09 Å². The minimum Gasteiger partial charge on any atom is -0.465 e. The molecule has 2 unspecified atom stereocenters. The van der Waals surface area contributed by atoms with Crippen LogP contribution < -0.4 is 0 Å². The molecule has 1 rings (SSSR count). The second kappa shape index (κ2) is 3.09. The summed E-state index contributed by atoms with van der Waals surface area (Å²) in [6.45, 7) is 2.12. The number of β-amino-alcohol motifs (C(OH)–C–C–N with tert-alkyl or cyclic N) is 1. The number of nitrogens with zero attached hydrogens (tertiary/aromatic N) is 1. The third-order valence-corrected chi connectivity index (χ3v) is 2.10. The minimum atomic E-state index is -0.934. The molecule has 0 radical (unpaired) electrons. The van der Waals surface area contributed by atoms with Crippen molar-refractivity contribution < 1.29 is 15.0 Å². The Labute approximate surface area is 65.4 Å². The molecule has 0 spiro atoms. The predicted octanol–water partition coefficient (Wildman–Crippen LogP) is 0.510. The van der Waals surface area contributed by atoms with Crippen LogP contribution in [0.15, 0.2) is 0 Å². The van der Waals surface area contributed by atoms with E-state index in [2.05, 4.69) is 0 Å². The monoisotopic (exact) mass is 159 g/mol. The van der Waals surface area contributed by atoms with E-state index in [9.17, 15) is 4.79 Å². The van der Waals surface area contributed by atoms with E-state index < -0.39 is 12.2 Å². The van der Waals surface area contributed by atoms with E-state index in [1.807, 2.05) is 6.92 Å². The lowest BCUT2D eigenvalue weighted by molar-refractivity contribution is 0.0420. The Bertz CT molecular complexity index is 160. The highest BCUT2D eigenvalue weighted by Crippen LogP contribution is 2.16. The SMILES string of the molecule is CC1CCC(O)CN1C(=O)O. The second-order valence-corrected chi connectivity index (χ2v) is 3.02. The van der Waals surface area contributed by atoms with Gasteiger partial charge in [-0.25, -0.2) is 4.79 Å². The number of amides is 1. The van der Waals surface area contributed by atoms with Gasteiger partial charge in [-0.05, 0) is 19.8 Å². The van der Waals surface area contributed by atoms with Crippen molar-refractivity contribution in [2.75, 3.05) is 6.54 Å². The van der Waals surface area contributed by atoms with E-state index >= 15 is 0 Å². The van der Waals surface area contributed by atoms with Gasteiger partial charge in [-0.2, -0.15) is 0 Å². The zero-order chi connectivity index (χ0) is 8.43. The van der Waals surface area contributed by atoms with Gasteiger partial charge in [0.2, 0.25) is 0 Å². The van der Waals surface area contributed by atoms with Gasteiger partial charge in [0.25, 0.3) is 0 Å². The predicted molar refractivity (Wildman–Crippen MR) is 39.4 cm³/mol. The fourth-order valence-corrected chi connectivity index (χ4v) is 1.35. The van der Waals surface area contributed by atoms with Crippen LogP contribution in [-0.2, 0) is 0 Å². The van der Waals surface area contributed by atoms with Crippen LogP contribution in [0, 0.1) is 0 Å². The van der Waals surface area contributed by atoms with Crippen LogP contribution in [-0.4, -0.2) is 39.9 Å². The molecule has 4 heteroatoms. The molecule has 0 saturated carbocycles. The van der Waals surface area contributed by atoms with Gasteiger partial charge in [-0.15, -0.1) is 0 Å². The van der Waals surface area contributed by atoms with Gasteiger partial charge in [-0.1, -0.05) is 0 Å². The quantitative estimate of drug-likeness (QED) is 0.541. The number of likely N-dealkylation sites (tertiary alicyclic amines) is 1. The lowest BCUT2D eigenvalue weighted by atomic mass is 10.0. The number of piperidine rings is 1. The van der Waals surface area contributed by atoms with Crippen LogP contribution in [0.25, 0.3) is 0 Å². The van der Waals surface area contributed by atoms with E-state index in [0.29, 0.717) is 6.42 Å². The maximum Gasteiger partial charge on any atom is 0.407 e. The Morgan fingerprint density at radius 3 is 2.64 bits per heavy atom. The summed E-state index contributed by atoms with van der Waals surface area (Å²) in [6, 6.07) is 0.0518. The van der Waals surface area contributed by atoms with Gasteiger partial charge in [0.1, 0.15) is 0 Å². The molecule has 0 aliphatic carbocycles. The summed E-state index contributed by atoms with van der Waals surface area (Å²) in [7, 11) is 0. The molecule has 4 nitrogen and oxygen atoms in total. The molecule has 1 aliphatic heterocycles. The zero-order valence-corrected chi connectivity index (χ0v) is 6.53. The lowest BCUT2D eigenvalue weighted by Gasteiger charge is -2.33. The lowest BCUT2D eigenvalue weighted by Crippen LogP contribution is -2.46. The Balaban J connectivity index is 2.54. The van der Waals surface area contributed by atoms with Crippen LogP contribution in [0.5, 0.6) is 0 Å². The van der Waals surface area contributed by atoms with Gasteiger partial charge in [0, 0.05) is 6.04 Å². The number of carbonyl (C=O) groups is 1. The average molecular weight is 159 g/mol. The van der Waals surface area contributed by atoms with Crippen molar-refractivity contribution in [2.45, 2.75) is 31.9 Å². The molecule has 11 heavy (non-hydrogen) atoms. The smallest absolute Gasteiger partial charge is 0.407 e. The summed E-state index contributed by atoms with van der Waals surface area (Å²) in [5.41, 5.74) is 0. The molecule has 2 N–H and O–H groups in total. The molecule has 1 heterocycles. The first-order chi connectivity index (χ1) is 5.11. The second-order valence-electron chi connectivity index (χ2n) is 3.02. The van der Waals surface area contributed by atoms with Crippen LogP contribution >= 0.6 is 0 Å². The molecule has 1 fully saturated rings. The van der Waals surface area contributed by atoms with Gasteiger partial charge < -0.3 is 15.1 Å². The topological polar surface area (TPSA) is 60.8 Å². The molecule has 0 aromatic rings. The van der Waals surface area contributed by atoms with Crippen molar-refractivity contribution >= 4 is 6.09 Å². The van der Waals surface area contributed by atoms with Gasteiger partial charge in [0.05, 0.1) is 12.6 Å². The molecule has 0 aromatic carbocycles.